The fourth-order valence-corrected chi connectivity index (χ4v) is 3.65. The van der Waals surface area contributed by atoms with Crippen molar-refractivity contribution in [2.45, 2.75) is 82.5 Å². The maximum Gasteiger partial charge on any atom is 0.408 e. The monoisotopic (exact) mass is 298 g/mol. The second kappa shape index (κ2) is 6.13. The molecule has 122 valence electrons. The maximum absolute atomic E-state index is 12.1. The number of piperidine rings is 1. The fourth-order valence-electron chi connectivity index (χ4n) is 3.65. The number of β-amino-alcohol motifs (C(OH)–C–C–N with tert-alkyl or cyclic N) is 1. The molecule has 0 aromatic rings. The molecule has 1 heterocycles. The first-order valence-corrected chi connectivity index (χ1v) is 8.16. The van der Waals surface area contributed by atoms with Gasteiger partial charge in [-0.1, -0.05) is 12.8 Å². The van der Waals surface area contributed by atoms with Gasteiger partial charge in [-0.05, 0) is 53.0 Å². The Labute approximate surface area is 127 Å². The number of rotatable bonds is 3. The number of aliphatic hydroxyl groups is 1. The lowest BCUT2D eigenvalue weighted by Crippen LogP contribution is -2.56. The molecule has 2 rings (SSSR count). The van der Waals surface area contributed by atoms with Crippen LogP contribution in [0.5, 0.6) is 0 Å². The number of hydrogen-bond acceptors (Lipinski definition) is 4. The first-order chi connectivity index (χ1) is 9.72. The number of carbonyl (C=O) groups excluding carboxylic acids is 1. The molecule has 2 fully saturated rings. The summed E-state index contributed by atoms with van der Waals surface area (Å²) in [6, 6.07) is 0. The van der Waals surface area contributed by atoms with Gasteiger partial charge in [-0.3, -0.25) is 0 Å². The van der Waals surface area contributed by atoms with Gasteiger partial charge in [0.05, 0.1) is 5.60 Å². The van der Waals surface area contributed by atoms with Crippen LogP contribution in [-0.4, -0.2) is 41.0 Å². The van der Waals surface area contributed by atoms with Gasteiger partial charge >= 0.3 is 6.09 Å². The molecule has 1 atom stereocenters. The minimum atomic E-state index is -0.711. The Balaban J connectivity index is 2.01. The van der Waals surface area contributed by atoms with Crippen molar-refractivity contribution in [3.63, 3.8) is 0 Å². The number of ether oxygens (including phenoxy) is 1. The van der Waals surface area contributed by atoms with Crippen molar-refractivity contribution in [2.75, 3.05) is 13.1 Å². The number of alkyl carbamates (subject to hydrolysis) is 1. The van der Waals surface area contributed by atoms with Crippen LogP contribution in [0.4, 0.5) is 4.79 Å². The second-order valence-corrected chi connectivity index (χ2v) is 7.80. The van der Waals surface area contributed by atoms with E-state index in [0.29, 0.717) is 13.0 Å². The van der Waals surface area contributed by atoms with E-state index in [9.17, 15) is 9.90 Å². The summed E-state index contributed by atoms with van der Waals surface area (Å²) in [6.07, 6.45) is 6.09. The Morgan fingerprint density at radius 1 is 1.24 bits per heavy atom. The molecule has 2 aliphatic rings. The molecule has 0 aromatic carbocycles. The highest BCUT2D eigenvalue weighted by Gasteiger charge is 2.44. The third kappa shape index (κ3) is 4.85. The van der Waals surface area contributed by atoms with E-state index < -0.39 is 11.2 Å². The van der Waals surface area contributed by atoms with Crippen LogP contribution in [0.1, 0.15) is 65.7 Å². The Hall–Kier alpha value is -0.810. The van der Waals surface area contributed by atoms with Crippen molar-refractivity contribution in [3.05, 3.63) is 0 Å². The fraction of sp³-hybridized carbons (Fsp3) is 0.938. The molecule has 0 aromatic heterocycles. The van der Waals surface area contributed by atoms with Crippen LogP contribution in [-0.2, 0) is 4.74 Å². The van der Waals surface area contributed by atoms with E-state index in [4.69, 9.17) is 4.74 Å². The predicted molar refractivity (Wildman–Crippen MR) is 82.2 cm³/mol. The molecule has 21 heavy (non-hydrogen) atoms. The summed E-state index contributed by atoms with van der Waals surface area (Å²) in [5.41, 5.74) is -1.51. The van der Waals surface area contributed by atoms with Gasteiger partial charge in [0.2, 0.25) is 0 Å². The topological polar surface area (TPSA) is 70.6 Å². The molecular formula is C16H30N2O3. The van der Waals surface area contributed by atoms with Crippen LogP contribution in [0.2, 0.25) is 0 Å². The van der Waals surface area contributed by atoms with Crippen molar-refractivity contribution in [2.24, 2.45) is 0 Å². The van der Waals surface area contributed by atoms with Crippen molar-refractivity contribution in [1.29, 1.82) is 0 Å². The van der Waals surface area contributed by atoms with Crippen molar-refractivity contribution >= 4 is 6.09 Å². The SMILES string of the molecule is CC(C)(C)OC(=O)NC1(CC2(O)CCCNC2)CCCC1. The molecule has 0 spiro atoms. The van der Waals surface area contributed by atoms with Crippen molar-refractivity contribution in [1.82, 2.24) is 10.6 Å². The summed E-state index contributed by atoms with van der Waals surface area (Å²) in [6.45, 7) is 7.19. The van der Waals surface area contributed by atoms with Gasteiger partial charge in [0.15, 0.2) is 0 Å². The molecule has 3 N–H and O–H groups in total. The zero-order valence-electron chi connectivity index (χ0n) is 13.6. The summed E-state index contributed by atoms with van der Waals surface area (Å²) >= 11 is 0. The molecule has 1 amide bonds. The van der Waals surface area contributed by atoms with Gasteiger partial charge in [-0.2, -0.15) is 0 Å². The predicted octanol–water partition coefficient (Wildman–Crippen LogP) is 2.33. The second-order valence-electron chi connectivity index (χ2n) is 7.80. The van der Waals surface area contributed by atoms with E-state index in [-0.39, 0.29) is 11.6 Å². The number of amides is 1. The summed E-state index contributed by atoms with van der Waals surface area (Å²) in [5.74, 6) is 0. The lowest BCUT2D eigenvalue weighted by molar-refractivity contribution is -0.0192. The average Bonchev–Trinajstić information content (AvgIpc) is 2.74. The molecule has 5 nitrogen and oxygen atoms in total. The summed E-state index contributed by atoms with van der Waals surface area (Å²) in [5, 5.41) is 17.1. The standard InChI is InChI=1S/C16H30N2O3/c1-14(2,3)21-13(19)18-15(7-4-5-8-15)11-16(20)9-6-10-17-12-16/h17,20H,4-12H2,1-3H3,(H,18,19). The Morgan fingerprint density at radius 3 is 2.43 bits per heavy atom. The van der Waals surface area contributed by atoms with Crippen LogP contribution >= 0.6 is 0 Å². The van der Waals surface area contributed by atoms with Crippen LogP contribution in [0, 0.1) is 0 Å². The van der Waals surface area contributed by atoms with E-state index in [0.717, 1.165) is 45.1 Å². The Kier molecular flexibility index (Phi) is 4.83. The summed E-state index contributed by atoms with van der Waals surface area (Å²) in [7, 11) is 0. The molecule has 1 saturated heterocycles. The lowest BCUT2D eigenvalue weighted by atomic mass is 9.79. The number of carbonyl (C=O) groups is 1. The zero-order valence-corrected chi connectivity index (χ0v) is 13.6. The van der Waals surface area contributed by atoms with Crippen LogP contribution < -0.4 is 10.6 Å². The van der Waals surface area contributed by atoms with E-state index in [1.165, 1.54) is 0 Å². The third-order valence-electron chi connectivity index (χ3n) is 4.44. The minimum absolute atomic E-state index is 0.309. The van der Waals surface area contributed by atoms with Gasteiger partial charge in [0.1, 0.15) is 5.60 Å². The van der Waals surface area contributed by atoms with E-state index in [2.05, 4.69) is 10.6 Å². The van der Waals surface area contributed by atoms with Crippen LogP contribution in [0.3, 0.4) is 0 Å². The van der Waals surface area contributed by atoms with E-state index >= 15 is 0 Å². The van der Waals surface area contributed by atoms with E-state index in [1.54, 1.807) is 0 Å². The maximum atomic E-state index is 12.1. The van der Waals surface area contributed by atoms with Gasteiger partial charge in [-0.15, -0.1) is 0 Å². The van der Waals surface area contributed by atoms with Crippen molar-refractivity contribution in [3.8, 4) is 0 Å². The third-order valence-corrected chi connectivity index (χ3v) is 4.44. The highest BCUT2D eigenvalue weighted by Crippen LogP contribution is 2.38. The Morgan fingerprint density at radius 2 is 1.90 bits per heavy atom. The highest BCUT2D eigenvalue weighted by atomic mass is 16.6. The minimum Gasteiger partial charge on any atom is -0.444 e. The summed E-state index contributed by atoms with van der Waals surface area (Å²) in [4.78, 5) is 12.1. The lowest BCUT2D eigenvalue weighted by Gasteiger charge is -2.41. The molecule has 1 unspecified atom stereocenters. The molecule has 1 saturated carbocycles. The molecule has 0 radical (unpaired) electrons. The van der Waals surface area contributed by atoms with Gasteiger partial charge in [0, 0.05) is 18.5 Å². The smallest absolute Gasteiger partial charge is 0.408 e. The largest absolute Gasteiger partial charge is 0.444 e. The normalized spacial score (nSPS) is 29.1. The number of nitrogens with one attached hydrogen (secondary N) is 2. The van der Waals surface area contributed by atoms with Crippen LogP contribution in [0.25, 0.3) is 0 Å². The first kappa shape index (κ1) is 16.6. The number of hydrogen-bond donors (Lipinski definition) is 3. The van der Waals surface area contributed by atoms with Crippen LogP contribution in [0.15, 0.2) is 0 Å². The Bertz CT molecular complexity index is 364. The first-order valence-electron chi connectivity index (χ1n) is 8.16. The van der Waals surface area contributed by atoms with Crippen molar-refractivity contribution < 1.29 is 14.6 Å². The highest BCUT2D eigenvalue weighted by molar-refractivity contribution is 5.69. The zero-order chi connectivity index (χ0) is 15.6. The average molecular weight is 298 g/mol. The summed E-state index contributed by atoms with van der Waals surface area (Å²) < 4.78 is 5.40. The van der Waals surface area contributed by atoms with E-state index in [1.807, 2.05) is 20.8 Å². The molecular weight excluding hydrogens is 268 g/mol. The van der Waals surface area contributed by atoms with Gasteiger partial charge < -0.3 is 20.5 Å². The molecule has 1 aliphatic carbocycles. The molecule has 5 heteroatoms. The molecule has 1 aliphatic heterocycles. The van der Waals surface area contributed by atoms with Gasteiger partial charge in [-0.25, -0.2) is 4.79 Å². The molecule has 0 bridgehead atoms. The van der Waals surface area contributed by atoms with Gasteiger partial charge in [0.25, 0.3) is 0 Å². The quantitative estimate of drug-likeness (QED) is 0.748.